The number of hydrogen-bond acceptors (Lipinski definition) is 1. The molecule has 90 valence electrons. The highest BCUT2D eigenvalue weighted by atomic mass is 14.9. The van der Waals surface area contributed by atoms with E-state index in [1.807, 2.05) is 0 Å². The van der Waals surface area contributed by atoms with Crippen LogP contribution in [0.3, 0.4) is 0 Å². The first-order valence-electron chi connectivity index (χ1n) is 6.97. The molecule has 0 amide bonds. The minimum Gasteiger partial charge on any atom is -0.317 e. The normalized spacial score (nSPS) is 28.0. The van der Waals surface area contributed by atoms with Gasteiger partial charge in [-0.05, 0) is 38.1 Å². The number of hydrogen-bond donors (Lipinski definition) is 1. The van der Waals surface area contributed by atoms with Crippen molar-refractivity contribution in [1.29, 1.82) is 0 Å². The fraction of sp³-hybridized carbons (Fsp3) is 1.00. The zero-order chi connectivity index (χ0) is 11.1. The minimum absolute atomic E-state index is 0.798. The second kappa shape index (κ2) is 7.27. The summed E-state index contributed by atoms with van der Waals surface area (Å²) >= 11 is 0. The predicted octanol–water partition coefficient (Wildman–Crippen LogP) is 3.98. The van der Waals surface area contributed by atoms with E-state index in [9.17, 15) is 0 Å². The summed E-state index contributed by atoms with van der Waals surface area (Å²) in [4.78, 5) is 0. The monoisotopic (exact) mass is 211 g/mol. The fourth-order valence-corrected chi connectivity index (χ4v) is 3.03. The summed E-state index contributed by atoms with van der Waals surface area (Å²) in [6.45, 7) is 4.70. The summed E-state index contributed by atoms with van der Waals surface area (Å²) in [7, 11) is 2.13. The third kappa shape index (κ3) is 4.55. The fourth-order valence-electron chi connectivity index (χ4n) is 3.03. The van der Waals surface area contributed by atoms with Gasteiger partial charge in [-0.3, -0.25) is 0 Å². The maximum atomic E-state index is 3.48. The Labute approximate surface area is 96.0 Å². The lowest BCUT2D eigenvalue weighted by atomic mass is 9.85. The zero-order valence-corrected chi connectivity index (χ0v) is 10.9. The van der Waals surface area contributed by atoms with Crippen molar-refractivity contribution in [2.45, 2.75) is 71.3 Å². The molecule has 0 aromatic heterocycles. The largest absolute Gasteiger partial charge is 0.317 e. The topological polar surface area (TPSA) is 12.0 Å². The van der Waals surface area contributed by atoms with Crippen LogP contribution < -0.4 is 5.32 Å². The quantitative estimate of drug-likeness (QED) is 0.678. The lowest BCUT2D eigenvalue weighted by Gasteiger charge is -2.23. The van der Waals surface area contributed by atoms with E-state index in [-0.39, 0.29) is 0 Å². The van der Waals surface area contributed by atoms with Crippen LogP contribution in [-0.4, -0.2) is 13.1 Å². The lowest BCUT2D eigenvalue weighted by molar-refractivity contribution is 0.307. The molecule has 0 saturated heterocycles. The molecule has 2 unspecified atom stereocenters. The molecule has 0 heterocycles. The van der Waals surface area contributed by atoms with Gasteiger partial charge in [0.25, 0.3) is 0 Å². The van der Waals surface area contributed by atoms with Gasteiger partial charge in [0.2, 0.25) is 0 Å². The Balaban J connectivity index is 2.37. The maximum absolute atomic E-state index is 3.48. The highest BCUT2D eigenvalue weighted by molar-refractivity contribution is 4.76. The van der Waals surface area contributed by atoms with Gasteiger partial charge in [0.15, 0.2) is 0 Å². The van der Waals surface area contributed by atoms with Crippen LogP contribution >= 0.6 is 0 Å². The molecule has 1 N–H and O–H groups in total. The molecule has 2 atom stereocenters. The van der Waals surface area contributed by atoms with E-state index in [0.29, 0.717) is 0 Å². The molecule has 0 aliphatic heterocycles. The van der Waals surface area contributed by atoms with Crippen molar-refractivity contribution in [1.82, 2.24) is 5.32 Å². The van der Waals surface area contributed by atoms with Gasteiger partial charge in [-0.15, -0.1) is 0 Å². The standard InChI is InChI=1S/C14H29N/c1-4-12(5-2)10-13-8-6-7-9-14(11-13)15-3/h12-15H,4-11H2,1-3H3. The van der Waals surface area contributed by atoms with Gasteiger partial charge in [-0.2, -0.15) is 0 Å². The molecule has 0 aromatic rings. The first-order valence-corrected chi connectivity index (χ1v) is 6.97. The second-order valence-electron chi connectivity index (χ2n) is 5.29. The lowest BCUT2D eigenvalue weighted by Crippen LogP contribution is -2.26. The van der Waals surface area contributed by atoms with Gasteiger partial charge in [0.05, 0.1) is 0 Å². The van der Waals surface area contributed by atoms with E-state index in [4.69, 9.17) is 0 Å². The predicted molar refractivity (Wildman–Crippen MR) is 68.1 cm³/mol. The average Bonchev–Trinajstić information content (AvgIpc) is 2.50. The van der Waals surface area contributed by atoms with Gasteiger partial charge in [0, 0.05) is 6.04 Å². The van der Waals surface area contributed by atoms with E-state index >= 15 is 0 Å². The molecule has 1 nitrogen and oxygen atoms in total. The first-order chi connectivity index (χ1) is 7.30. The highest BCUT2D eigenvalue weighted by Gasteiger charge is 2.20. The van der Waals surface area contributed by atoms with E-state index < -0.39 is 0 Å². The molecule has 0 aromatic carbocycles. The Morgan fingerprint density at radius 1 is 1.13 bits per heavy atom. The van der Waals surface area contributed by atoms with Crippen LogP contribution in [0, 0.1) is 11.8 Å². The van der Waals surface area contributed by atoms with Crippen molar-refractivity contribution in [3.8, 4) is 0 Å². The Bertz CT molecular complexity index is 151. The third-order valence-corrected chi connectivity index (χ3v) is 4.26. The molecule has 1 rings (SSSR count). The van der Waals surface area contributed by atoms with Crippen molar-refractivity contribution >= 4 is 0 Å². The molecular weight excluding hydrogens is 182 g/mol. The molecule has 1 fully saturated rings. The van der Waals surface area contributed by atoms with Crippen molar-refractivity contribution in [3.05, 3.63) is 0 Å². The Hall–Kier alpha value is -0.0400. The summed E-state index contributed by atoms with van der Waals surface area (Å²) in [5.41, 5.74) is 0. The van der Waals surface area contributed by atoms with Crippen LogP contribution in [0.4, 0.5) is 0 Å². The van der Waals surface area contributed by atoms with Gasteiger partial charge in [-0.1, -0.05) is 46.0 Å². The summed E-state index contributed by atoms with van der Waals surface area (Å²) in [5.74, 6) is 1.97. The van der Waals surface area contributed by atoms with Gasteiger partial charge in [0.1, 0.15) is 0 Å². The van der Waals surface area contributed by atoms with Crippen molar-refractivity contribution in [2.75, 3.05) is 7.05 Å². The first kappa shape index (κ1) is 13.0. The van der Waals surface area contributed by atoms with Gasteiger partial charge < -0.3 is 5.32 Å². The highest BCUT2D eigenvalue weighted by Crippen LogP contribution is 2.30. The van der Waals surface area contributed by atoms with Crippen LogP contribution in [0.2, 0.25) is 0 Å². The SMILES string of the molecule is CCC(CC)CC1CCCCC(NC)C1. The van der Waals surface area contributed by atoms with E-state index in [0.717, 1.165) is 17.9 Å². The zero-order valence-electron chi connectivity index (χ0n) is 10.9. The Morgan fingerprint density at radius 3 is 2.40 bits per heavy atom. The van der Waals surface area contributed by atoms with Crippen molar-refractivity contribution in [3.63, 3.8) is 0 Å². The van der Waals surface area contributed by atoms with Gasteiger partial charge >= 0.3 is 0 Å². The van der Waals surface area contributed by atoms with Crippen LogP contribution in [0.1, 0.15) is 65.2 Å². The van der Waals surface area contributed by atoms with Crippen molar-refractivity contribution < 1.29 is 0 Å². The molecule has 15 heavy (non-hydrogen) atoms. The van der Waals surface area contributed by atoms with E-state index in [1.54, 1.807) is 0 Å². The van der Waals surface area contributed by atoms with Crippen LogP contribution in [-0.2, 0) is 0 Å². The molecule has 1 aliphatic carbocycles. The van der Waals surface area contributed by atoms with Crippen molar-refractivity contribution in [2.24, 2.45) is 11.8 Å². The molecule has 1 heteroatoms. The molecule has 0 radical (unpaired) electrons. The summed E-state index contributed by atoms with van der Waals surface area (Å²) < 4.78 is 0. The smallest absolute Gasteiger partial charge is 0.00667 e. The average molecular weight is 211 g/mol. The molecule has 1 saturated carbocycles. The van der Waals surface area contributed by atoms with E-state index in [2.05, 4.69) is 26.2 Å². The number of rotatable bonds is 5. The molecule has 1 aliphatic rings. The number of nitrogens with one attached hydrogen (secondary N) is 1. The second-order valence-corrected chi connectivity index (χ2v) is 5.29. The molecule has 0 bridgehead atoms. The third-order valence-electron chi connectivity index (χ3n) is 4.26. The summed E-state index contributed by atoms with van der Waals surface area (Å²) in [6, 6.07) is 0.798. The maximum Gasteiger partial charge on any atom is 0.00667 e. The molecule has 0 spiro atoms. The molecular formula is C14H29N. The van der Waals surface area contributed by atoms with E-state index in [1.165, 1.54) is 51.4 Å². The Kier molecular flexibility index (Phi) is 6.31. The van der Waals surface area contributed by atoms with Crippen LogP contribution in [0.15, 0.2) is 0 Å². The van der Waals surface area contributed by atoms with Crippen LogP contribution in [0.5, 0.6) is 0 Å². The summed E-state index contributed by atoms with van der Waals surface area (Å²) in [6.07, 6.45) is 11.4. The van der Waals surface area contributed by atoms with Gasteiger partial charge in [-0.25, -0.2) is 0 Å². The summed E-state index contributed by atoms with van der Waals surface area (Å²) in [5, 5.41) is 3.48. The Morgan fingerprint density at radius 2 is 1.80 bits per heavy atom. The minimum atomic E-state index is 0.798. The van der Waals surface area contributed by atoms with Crippen LogP contribution in [0.25, 0.3) is 0 Å².